The Morgan fingerprint density at radius 3 is 2.20 bits per heavy atom. The molecule has 130 valence electrons. The highest BCUT2D eigenvalue weighted by molar-refractivity contribution is 5.92. The van der Waals surface area contributed by atoms with E-state index in [4.69, 9.17) is 0 Å². The van der Waals surface area contributed by atoms with E-state index in [-0.39, 0.29) is 23.7 Å². The number of carbonyl (C=O) groups is 2. The average molecular weight is 336 g/mol. The second-order valence-electron chi connectivity index (χ2n) is 6.68. The Kier molecular flexibility index (Phi) is 5.49. The highest BCUT2D eigenvalue weighted by Crippen LogP contribution is 2.38. The maximum atomic E-state index is 12.2. The number of benzene rings is 2. The van der Waals surface area contributed by atoms with E-state index in [9.17, 15) is 9.59 Å². The Bertz CT molecular complexity index is 725. The smallest absolute Gasteiger partial charge is 0.224 e. The van der Waals surface area contributed by atoms with E-state index in [1.165, 1.54) is 11.1 Å². The summed E-state index contributed by atoms with van der Waals surface area (Å²) in [5.41, 5.74) is 3.47. The third-order valence-corrected chi connectivity index (χ3v) is 4.61. The fourth-order valence-electron chi connectivity index (χ4n) is 2.91. The number of nitrogens with one attached hydrogen (secondary N) is 2. The molecule has 0 saturated heterocycles. The minimum atomic E-state index is -0.179. The standard InChI is InChI=1S/C21H24N2O2/c1-15-7-9-17(10-8-15)14-23-21(25)19-13-18(19)20(24)22-12-11-16-5-3-2-4-6-16/h2-10,18-19H,11-14H2,1H3,(H,22,24)(H,23,25). The molecule has 2 unspecified atom stereocenters. The summed E-state index contributed by atoms with van der Waals surface area (Å²) in [6, 6.07) is 18.1. The summed E-state index contributed by atoms with van der Waals surface area (Å²) < 4.78 is 0. The molecule has 2 aromatic carbocycles. The van der Waals surface area contributed by atoms with Gasteiger partial charge in [0.1, 0.15) is 0 Å². The summed E-state index contributed by atoms with van der Waals surface area (Å²) in [5, 5.41) is 5.87. The Labute approximate surface area is 148 Å². The van der Waals surface area contributed by atoms with Gasteiger partial charge in [-0.15, -0.1) is 0 Å². The lowest BCUT2D eigenvalue weighted by Crippen LogP contribution is -2.31. The first-order valence-electron chi connectivity index (χ1n) is 8.78. The maximum Gasteiger partial charge on any atom is 0.224 e. The molecule has 0 aliphatic heterocycles. The normalized spacial score (nSPS) is 18.4. The number of hydrogen-bond acceptors (Lipinski definition) is 2. The largest absolute Gasteiger partial charge is 0.356 e. The molecule has 2 amide bonds. The lowest BCUT2D eigenvalue weighted by molar-refractivity contribution is -0.127. The van der Waals surface area contributed by atoms with Gasteiger partial charge >= 0.3 is 0 Å². The van der Waals surface area contributed by atoms with Crippen LogP contribution in [0, 0.1) is 18.8 Å². The maximum absolute atomic E-state index is 12.2. The van der Waals surface area contributed by atoms with Gasteiger partial charge in [-0.3, -0.25) is 9.59 Å². The zero-order valence-electron chi connectivity index (χ0n) is 14.5. The van der Waals surface area contributed by atoms with Crippen molar-refractivity contribution < 1.29 is 9.59 Å². The van der Waals surface area contributed by atoms with Crippen LogP contribution in [0.15, 0.2) is 54.6 Å². The molecule has 1 aliphatic rings. The molecule has 3 rings (SSSR count). The average Bonchev–Trinajstić information content (AvgIpc) is 3.43. The minimum Gasteiger partial charge on any atom is -0.356 e. The number of carbonyl (C=O) groups excluding carboxylic acids is 2. The van der Waals surface area contributed by atoms with E-state index in [2.05, 4.69) is 10.6 Å². The van der Waals surface area contributed by atoms with Crippen LogP contribution in [0.4, 0.5) is 0 Å². The molecule has 2 aromatic rings. The van der Waals surface area contributed by atoms with Gasteiger partial charge < -0.3 is 10.6 Å². The summed E-state index contributed by atoms with van der Waals surface area (Å²) >= 11 is 0. The molecule has 2 N–H and O–H groups in total. The molecule has 25 heavy (non-hydrogen) atoms. The van der Waals surface area contributed by atoms with Gasteiger partial charge in [-0.2, -0.15) is 0 Å². The van der Waals surface area contributed by atoms with Crippen molar-refractivity contribution in [3.05, 3.63) is 71.3 Å². The lowest BCUT2D eigenvalue weighted by Gasteiger charge is -2.07. The molecular formula is C21H24N2O2. The first-order valence-corrected chi connectivity index (χ1v) is 8.78. The van der Waals surface area contributed by atoms with Crippen molar-refractivity contribution >= 4 is 11.8 Å². The van der Waals surface area contributed by atoms with Crippen molar-refractivity contribution in [3.8, 4) is 0 Å². The molecule has 2 atom stereocenters. The highest BCUT2D eigenvalue weighted by Gasteiger charge is 2.47. The van der Waals surface area contributed by atoms with Crippen molar-refractivity contribution in [1.82, 2.24) is 10.6 Å². The third kappa shape index (κ3) is 4.92. The van der Waals surface area contributed by atoms with Crippen LogP contribution in [-0.2, 0) is 22.6 Å². The minimum absolute atomic E-state index is 0.00795. The van der Waals surface area contributed by atoms with Gasteiger partial charge in [-0.05, 0) is 30.9 Å². The summed E-state index contributed by atoms with van der Waals surface area (Å²) in [6.45, 7) is 3.16. The molecule has 1 fully saturated rings. The molecule has 4 nitrogen and oxygen atoms in total. The van der Waals surface area contributed by atoms with Crippen LogP contribution in [0.25, 0.3) is 0 Å². The molecule has 1 aliphatic carbocycles. The second kappa shape index (κ2) is 7.97. The fourth-order valence-corrected chi connectivity index (χ4v) is 2.91. The Balaban J connectivity index is 1.37. The van der Waals surface area contributed by atoms with Crippen molar-refractivity contribution in [2.45, 2.75) is 26.3 Å². The molecule has 1 saturated carbocycles. The monoisotopic (exact) mass is 336 g/mol. The van der Waals surface area contributed by atoms with Gasteiger partial charge in [-0.1, -0.05) is 60.2 Å². The summed E-state index contributed by atoms with van der Waals surface area (Å²) in [4.78, 5) is 24.3. The van der Waals surface area contributed by atoms with Crippen LogP contribution >= 0.6 is 0 Å². The predicted molar refractivity (Wildman–Crippen MR) is 97.8 cm³/mol. The highest BCUT2D eigenvalue weighted by atomic mass is 16.2. The van der Waals surface area contributed by atoms with E-state index in [0.717, 1.165) is 12.0 Å². The first kappa shape index (κ1) is 17.2. The Hall–Kier alpha value is -2.62. The van der Waals surface area contributed by atoms with Crippen LogP contribution < -0.4 is 10.6 Å². The van der Waals surface area contributed by atoms with Gasteiger partial charge in [0.05, 0.1) is 11.8 Å². The van der Waals surface area contributed by atoms with Crippen molar-refractivity contribution in [2.75, 3.05) is 6.54 Å². The molecule has 4 heteroatoms. The van der Waals surface area contributed by atoms with E-state index >= 15 is 0 Å². The van der Waals surface area contributed by atoms with Crippen LogP contribution in [0.2, 0.25) is 0 Å². The van der Waals surface area contributed by atoms with Crippen molar-refractivity contribution in [2.24, 2.45) is 11.8 Å². The van der Waals surface area contributed by atoms with Crippen LogP contribution in [0.1, 0.15) is 23.1 Å². The SMILES string of the molecule is Cc1ccc(CNC(=O)C2CC2C(=O)NCCc2ccccc2)cc1. The molecule has 0 radical (unpaired) electrons. The predicted octanol–water partition coefficient (Wildman–Crippen LogP) is 2.61. The summed E-state index contributed by atoms with van der Waals surface area (Å²) in [7, 11) is 0. The first-order chi connectivity index (χ1) is 12.1. The molecule has 0 bridgehead atoms. The summed E-state index contributed by atoms with van der Waals surface area (Å²) in [5.74, 6) is -0.383. The van der Waals surface area contributed by atoms with Crippen molar-refractivity contribution in [3.63, 3.8) is 0 Å². The quantitative estimate of drug-likeness (QED) is 0.816. The summed E-state index contributed by atoms with van der Waals surface area (Å²) in [6.07, 6.45) is 1.46. The number of amides is 2. The number of rotatable bonds is 7. The van der Waals surface area contributed by atoms with Crippen LogP contribution in [0.5, 0.6) is 0 Å². The van der Waals surface area contributed by atoms with E-state index in [0.29, 0.717) is 19.5 Å². The van der Waals surface area contributed by atoms with E-state index in [1.807, 2.05) is 61.5 Å². The van der Waals surface area contributed by atoms with Crippen LogP contribution in [0.3, 0.4) is 0 Å². The van der Waals surface area contributed by atoms with Gasteiger partial charge in [0.2, 0.25) is 11.8 Å². The lowest BCUT2D eigenvalue weighted by atomic mass is 10.1. The topological polar surface area (TPSA) is 58.2 Å². The van der Waals surface area contributed by atoms with E-state index in [1.54, 1.807) is 0 Å². The van der Waals surface area contributed by atoms with Gasteiger partial charge in [0, 0.05) is 13.1 Å². The number of aryl methyl sites for hydroxylation is 1. The Morgan fingerprint density at radius 1 is 0.880 bits per heavy atom. The fraction of sp³-hybridized carbons (Fsp3) is 0.333. The van der Waals surface area contributed by atoms with E-state index < -0.39 is 0 Å². The molecule has 0 aromatic heterocycles. The molecule has 0 heterocycles. The molecular weight excluding hydrogens is 312 g/mol. The van der Waals surface area contributed by atoms with Gasteiger partial charge in [0.25, 0.3) is 0 Å². The van der Waals surface area contributed by atoms with Gasteiger partial charge in [0.15, 0.2) is 0 Å². The van der Waals surface area contributed by atoms with Gasteiger partial charge in [-0.25, -0.2) is 0 Å². The van der Waals surface area contributed by atoms with Crippen LogP contribution in [-0.4, -0.2) is 18.4 Å². The number of hydrogen-bond donors (Lipinski definition) is 2. The third-order valence-electron chi connectivity index (χ3n) is 4.61. The Morgan fingerprint density at radius 2 is 1.52 bits per heavy atom. The zero-order chi connectivity index (χ0) is 17.6. The van der Waals surface area contributed by atoms with Crippen molar-refractivity contribution in [1.29, 1.82) is 0 Å². The molecule has 0 spiro atoms. The second-order valence-corrected chi connectivity index (χ2v) is 6.68. The zero-order valence-corrected chi connectivity index (χ0v) is 14.5.